The first kappa shape index (κ1) is 21.1. The molecule has 0 saturated heterocycles. The van der Waals surface area contributed by atoms with Gasteiger partial charge in [-0.15, -0.1) is 0 Å². The average molecular weight is 389 g/mol. The first-order chi connectivity index (χ1) is 12.7. The molecule has 0 bridgehead atoms. The third-order valence-electron chi connectivity index (χ3n) is 4.81. The maximum absolute atomic E-state index is 13.0. The molecule has 0 aliphatic heterocycles. The summed E-state index contributed by atoms with van der Waals surface area (Å²) in [5.74, 6) is -0.147. The number of hydrogen-bond acceptors (Lipinski definition) is 3. The quantitative estimate of drug-likeness (QED) is 0.731. The predicted octanol–water partition coefficient (Wildman–Crippen LogP) is 3.26. The number of benzene rings is 2. The van der Waals surface area contributed by atoms with Crippen LogP contribution in [0.3, 0.4) is 0 Å². The molecule has 27 heavy (non-hydrogen) atoms. The fraction of sp³-hybridized carbons (Fsp3) is 0.381. The lowest BCUT2D eigenvalue weighted by atomic mass is 10.0. The van der Waals surface area contributed by atoms with Crippen LogP contribution in [-0.2, 0) is 16.4 Å². The zero-order valence-corrected chi connectivity index (χ0v) is 17.5. The van der Waals surface area contributed by atoms with Crippen LogP contribution in [0.15, 0.2) is 47.4 Å². The largest absolute Gasteiger partial charge is 0.339 e. The zero-order valence-electron chi connectivity index (χ0n) is 16.7. The third kappa shape index (κ3) is 4.76. The maximum atomic E-state index is 13.0. The van der Waals surface area contributed by atoms with Crippen LogP contribution in [0.1, 0.15) is 34.0 Å². The van der Waals surface area contributed by atoms with Crippen LogP contribution < -0.4 is 0 Å². The molecule has 2 aromatic rings. The van der Waals surface area contributed by atoms with Crippen LogP contribution in [0.25, 0.3) is 0 Å². The van der Waals surface area contributed by atoms with Crippen LogP contribution in [0.4, 0.5) is 0 Å². The summed E-state index contributed by atoms with van der Waals surface area (Å²) in [6, 6.07) is 13.3. The third-order valence-corrected chi connectivity index (χ3v) is 6.75. The van der Waals surface area contributed by atoms with E-state index in [0.717, 1.165) is 12.0 Å². The Morgan fingerprint density at radius 1 is 1.04 bits per heavy atom. The second kappa shape index (κ2) is 8.67. The Hall–Kier alpha value is -2.18. The second-order valence-corrected chi connectivity index (χ2v) is 8.94. The summed E-state index contributed by atoms with van der Waals surface area (Å²) < 4.78 is 26.4. The number of rotatable bonds is 7. The van der Waals surface area contributed by atoms with E-state index < -0.39 is 10.0 Å². The van der Waals surface area contributed by atoms with Crippen molar-refractivity contribution < 1.29 is 13.2 Å². The van der Waals surface area contributed by atoms with Crippen molar-refractivity contribution in [1.29, 1.82) is 0 Å². The standard InChI is InChI=1S/C21H28N2O3S/c1-6-23(13-12-18-10-8-7-9-11-18)21(24)19-14-16(2)17(3)20(15-19)27(25,26)22(4)5/h7-11,14-15H,6,12-13H2,1-5H3. The van der Waals surface area contributed by atoms with E-state index >= 15 is 0 Å². The van der Waals surface area contributed by atoms with Crippen LogP contribution in [0, 0.1) is 13.8 Å². The minimum absolute atomic E-state index is 0.147. The van der Waals surface area contributed by atoms with Crippen LogP contribution in [0.5, 0.6) is 0 Å². The smallest absolute Gasteiger partial charge is 0.253 e. The number of amides is 1. The molecular weight excluding hydrogens is 360 g/mol. The Kier molecular flexibility index (Phi) is 6.78. The SMILES string of the molecule is CCN(CCc1ccccc1)C(=O)c1cc(C)c(C)c(S(=O)(=O)N(C)C)c1. The van der Waals surface area contributed by atoms with Gasteiger partial charge in [0.05, 0.1) is 4.90 Å². The summed E-state index contributed by atoms with van der Waals surface area (Å²) >= 11 is 0. The normalized spacial score (nSPS) is 11.6. The highest BCUT2D eigenvalue weighted by atomic mass is 32.2. The Labute approximate surface area is 162 Å². The molecule has 1 amide bonds. The monoisotopic (exact) mass is 388 g/mol. The van der Waals surface area contributed by atoms with Gasteiger partial charge >= 0.3 is 0 Å². The van der Waals surface area contributed by atoms with Gasteiger partial charge in [0.15, 0.2) is 0 Å². The molecule has 0 fully saturated rings. The zero-order chi connectivity index (χ0) is 20.2. The topological polar surface area (TPSA) is 57.7 Å². The second-order valence-electron chi connectivity index (χ2n) is 6.82. The Bertz CT molecular complexity index is 907. The van der Waals surface area contributed by atoms with E-state index in [1.807, 2.05) is 44.2 Å². The van der Waals surface area contributed by atoms with Crippen LogP contribution >= 0.6 is 0 Å². The fourth-order valence-corrected chi connectivity index (χ4v) is 4.13. The highest BCUT2D eigenvalue weighted by Gasteiger charge is 2.24. The first-order valence-electron chi connectivity index (χ1n) is 9.05. The fourth-order valence-electron chi connectivity index (χ4n) is 2.91. The molecule has 2 rings (SSSR count). The summed E-state index contributed by atoms with van der Waals surface area (Å²) in [6.45, 7) is 6.69. The van der Waals surface area contributed by atoms with Crippen molar-refractivity contribution in [1.82, 2.24) is 9.21 Å². The van der Waals surface area contributed by atoms with E-state index in [1.165, 1.54) is 30.0 Å². The Balaban J connectivity index is 2.32. The summed E-state index contributed by atoms with van der Waals surface area (Å²) in [4.78, 5) is 15.0. The van der Waals surface area contributed by atoms with Crippen molar-refractivity contribution in [2.24, 2.45) is 0 Å². The number of carbonyl (C=O) groups is 1. The van der Waals surface area contributed by atoms with Gasteiger partial charge in [0.1, 0.15) is 0 Å². The molecule has 0 spiro atoms. The van der Waals surface area contributed by atoms with Gasteiger partial charge in [-0.1, -0.05) is 30.3 Å². The lowest BCUT2D eigenvalue weighted by molar-refractivity contribution is 0.0766. The minimum Gasteiger partial charge on any atom is -0.339 e. The number of carbonyl (C=O) groups excluding carboxylic acids is 1. The molecule has 0 aromatic heterocycles. The van der Waals surface area contributed by atoms with E-state index in [9.17, 15) is 13.2 Å². The lowest BCUT2D eigenvalue weighted by Crippen LogP contribution is -2.33. The predicted molar refractivity (Wildman–Crippen MR) is 109 cm³/mol. The molecule has 0 saturated carbocycles. The van der Waals surface area contributed by atoms with Crippen LogP contribution in [0.2, 0.25) is 0 Å². The van der Waals surface area contributed by atoms with Crippen molar-refractivity contribution in [3.8, 4) is 0 Å². The van der Waals surface area contributed by atoms with E-state index in [1.54, 1.807) is 17.9 Å². The first-order valence-corrected chi connectivity index (χ1v) is 10.5. The number of hydrogen-bond donors (Lipinski definition) is 0. The van der Waals surface area contributed by atoms with Gasteiger partial charge in [0.25, 0.3) is 5.91 Å². The lowest BCUT2D eigenvalue weighted by Gasteiger charge is -2.23. The summed E-state index contributed by atoms with van der Waals surface area (Å²) in [5, 5.41) is 0. The maximum Gasteiger partial charge on any atom is 0.253 e. The molecule has 0 atom stereocenters. The molecule has 0 aliphatic rings. The Morgan fingerprint density at radius 2 is 1.67 bits per heavy atom. The van der Waals surface area contributed by atoms with Crippen molar-refractivity contribution >= 4 is 15.9 Å². The molecule has 0 heterocycles. The van der Waals surface area contributed by atoms with E-state index in [0.29, 0.717) is 24.2 Å². The molecule has 6 heteroatoms. The van der Waals surface area contributed by atoms with Crippen LogP contribution in [-0.4, -0.2) is 50.7 Å². The molecule has 0 unspecified atom stereocenters. The summed E-state index contributed by atoms with van der Waals surface area (Å²) in [5.41, 5.74) is 3.04. The highest BCUT2D eigenvalue weighted by molar-refractivity contribution is 7.89. The summed E-state index contributed by atoms with van der Waals surface area (Å²) in [7, 11) is -0.618. The van der Waals surface area contributed by atoms with E-state index in [-0.39, 0.29) is 10.8 Å². The van der Waals surface area contributed by atoms with E-state index in [4.69, 9.17) is 0 Å². The van der Waals surface area contributed by atoms with Gasteiger partial charge in [-0.2, -0.15) is 0 Å². The molecule has 2 aromatic carbocycles. The van der Waals surface area contributed by atoms with Gasteiger partial charge in [0, 0.05) is 32.7 Å². The molecule has 5 nitrogen and oxygen atoms in total. The van der Waals surface area contributed by atoms with Crippen molar-refractivity contribution in [3.05, 3.63) is 64.7 Å². The van der Waals surface area contributed by atoms with Crippen molar-refractivity contribution in [2.75, 3.05) is 27.2 Å². The van der Waals surface area contributed by atoms with Gasteiger partial charge in [0.2, 0.25) is 10.0 Å². The number of sulfonamides is 1. The molecule has 146 valence electrons. The average Bonchev–Trinajstić information content (AvgIpc) is 2.64. The van der Waals surface area contributed by atoms with Crippen molar-refractivity contribution in [2.45, 2.75) is 32.1 Å². The van der Waals surface area contributed by atoms with Gasteiger partial charge in [-0.05, 0) is 56.0 Å². The number of aryl methyl sites for hydroxylation is 1. The van der Waals surface area contributed by atoms with Gasteiger partial charge in [-0.25, -0.2) is 12.7 Å². The van der Waals surface area contributed by atoms with E-state index in [2.05, 4.69) is 0 Å². The van der Waals surface area contributed by atoms with Crippen molar-refractivity contribution in [3.63, 3.8) is 0 Å². The van der Waals surface area contributed by atoms with Gasteiger partial charge in [-0.3, -0.25) is 4.79 Å². The minimum atomic E-state index is -3.61. The van der Waals surface area contributed by atoms with Gasteiger partial charge < -0.3 is 4.90 Å². The molecular formula is C21H28N2O3S. The molecule has 0 N–H and O–H groups in total. The number of likely N-dealkylation sites (N-methyl/N-ethyl adjacent to an activating group) is 1. The summed E-state index contributed by atoms with van der Waals surface area (Å²) in [6.07, 6.45) is 0.758. The number of nitrogens with zero attached hydrogens (tertiary/aromatic N) is 2. The Morgan fingerprint density at radius 3 is 2.22 bits per heavy atom. The highest BCUT2D eigenvalue weighted by Crippen LogP contribution is 2.24. The molecule has 0 aliphatic carbocycles. The molecule has 0 radical (unpaired) electrons.